The summed E-state index contributed by atoms with van der Waals surface area (Å²) in [5.74, 6) is 0.707. The van der Waals surface area contributed by atoms with Gasteiger partial charge in [0.15, 0.2) is 0 Å². The summed E-state index contributed by atoms with van der Waals surface area (Å²) < 4.78 is 8.66. The Hall–Kier alpha value is -4.95. The van der Waals surface area contributed by atoms with Gasteiger partial charge in [0, 0.05) is 72.2 Å². The molecule has 2 atom stereocenters. The van der Waals surface area contributed by atoms with Crippen LogP contribution >= 0.6 is 23.2 Å². The molecule has 1 aliphatic rings. The number of amides is 2. The number of carbonyl (C=O) groups is 2. The first-order valence-corrected chi connectivity index (χ1v) is 17.4. The van der Waals surface area contributed by atoms with Crippen molar-refractivity contribution in [2.24, 2.45) is 7.05 Å². The molecule has 6 rings (SSSR count). The minimum absolute atomic E-state index is 0.0202. The van der Waals surface area contributed by atoms with Gasteiger partial charge in [-0.05, 0) is 38.6 Å². The van der Waals surface area contributed by atoms with E-state index >= 15 is 0 Å². The molecule has 0 radical (unpaired) electrons. The standard InChI is InChI=1S/C37H39Cl2N7O6/c1-21(47)16-43(2)20-31-42-46-18-23(15-30(46)36(49)44(31)3)25-7-5-8-26(33(25)38)27-9-6-10-28(34(27)39)29-13-11-22(35(41-29)52-4)17-45(37(50)51)19-24-12-14-32(48)40-24/h5-11,13,15,18,21,24,47H,12,14,16-17,19-20H2,1-4H3,(H,40,48)(H,50,51)/t21?,24-/m0/s1. The fraction of sp³-hybridized carbons (Fsp3) is 0.324. The molecule has 2 amide bonds. The summed E-state index contributed by atoms with van der Waals surface area (Å²) in [5, 5.41) is 28.0. The predicted molar refractivity (Wildman–Crippen MR) is 199 cm³/mol. The molecular formula is C37H39Cl2N7O6. The molecule has 52 heavy (non-hydrogen) atoms. The van der Waals surface area contributed by atoms with Crippen LogP contribution < -0.4 is 15.6 Å². The summed E-state index contributed by atoms with van der Waals surface area (Å²) >= 11 is 14.2. The molecule has 1 saturated heterocycles. The van der Waals surface area contributed by atoms with Crippen molar-refractivity contribution in [3.8, 4) is 39.4 Å². The van der Waals surface area contributed by atoms with E-state index in [1.807, 2.05) is 48.3 Å². The number of hydrogen-bond acceptors (Lipinski definition) is 8. The minimum Gasteiger partial charge on any atom is -0.481 e. The lowest BCUT2D eigenvalue weighted by molar-refractivity contribution is -0.119. The zero-order chi connectivity index (χ0) is 37.3. The van der Waals surface area contributed by atoms with Gasteiger partial charge in [-0.3, -0.25) is 19.1 Å². The molecule has 5 aromatic rings. The monoisotopic (exact) mass is 747 g/mol. The number of benzene rings is 2. The molecule has 13 nitrogen and oxygen atoms in total. The van der Waals surface area contributed by atoms with E-state index < -0.39 is 12.2 Å². The molecule has 0 bridgehead atoms. The van der Waals surface area contributed by atoms with Gasteiger partial charge < -0.3 is 25.2 Å². The van der Waals surface area contributed by atoms with E-state index in [0.29, 0.717) is 86.4 Å². The highest BCUT2D eigenvalue weighted by atomic mass is 35.5. The van der Waals surface area contributed by atoms with E-state index in [1.54, 1.807) is 42.9 Å². The third-order valence-electron chi connectivity index (χ3n) is 9.09. The Balaban J connectivity index is 1.30. The van der Waals surface area contributed by atoms with Crippen LogP contribution in [0.2, 0.25) is 10.0 Å². The lowest BCUT2D eigenvalue weighted by Crippen LogP contribution is -2.41. The number of methoxy groups -OCH3 is 1. The van der Waals surface area contributed by atoms with Crippen LogP contribution in [0.4, 0.5) is 4.79 Å². The Morgan fingerprint density at radius 2 is 1.73 bits per heavy atom. The number of fused-ring (bicyclic) bond motifs is 1. The number of aromatic nitrogens is 4. The van der Waals surface area contributed by atoms with Crippen LogP contribution in [0.5, 0.6) is 5.88 Å². The van der Waals surface area contributed by atoms with Gasteiger partial charge in [0.2, 0.25) is 11.8 Å². The maximum Gasteiger partial charge on any atom is 0.407 e. The second kappa shape index (κ2) is 15.3. The van der Waals surface area contributed by atoms with Crippen LogP contribution in [-0.2, 0) is 24.9 Å². The number of halogens is 2. The summed E-state index contributed by atoms with van der Waals surface area (Å²) in [4.78, 5) is 44.9. The van der Waals surface area contributed by atoms with Crippen molar-refractivity contribution in [1.29, 1.82) is 0 Å². The highest BCUT2D eigenvalue weighted by Crippen LogP contribution is 2.42. The molecule has 0 spiro atoms. The van der Waals surface area contributed by atoms with Gasteiger partial charge in [0.05, 0.1) is 42.0 Å². The molecular weight excluding hydrogens is 709 g/mol. The fourth-order valence-electron chi connectivity index (χ4n) is 6.53. The van der Waals surface area contributed by atoms with Crippen molar-refractivity contribution in [2.75, 3.05) is 27.2 Å². The van der Waals surface area contributed by atoms with Crippen LogP contribution in [0.25, 0.3) is 39.0 Å². The quantitative estimate of drug-likeness (QED) is 0.154. The van der Waals surface area contributed by atoms with Gasteiger partial charge in [-0.25, -0.2) is 14.3 Å². The van der Waals surface area contributed by atoms with Crippen molar-refractivity contribution in [3.63, 3.8) is 0 Å². The highest BCUT2D eigenvalue weighted by molar-refractivity contribution is 6.39. The number of aliphatic hydroxyl groups is 1. The Bertz CT molecular complexity index is 2220. The molecule has 0 saturated carbocycles. The molecule has 272 valence electrons. The van der Waals surface area contributed by atoms with Crippen molar-refractivity contribution in [1.82, 2.24) is 34.3 Å². The maximum absolute atomic E-state index is 13.3. The number of ether oxygens (including phenoxy) is 1. The summed E-state index contributed by atoms with van der Waals surface area (Å²) in [5.41, 5.74) is 4.58. The third kappa shape index (κ3) is 7.63. The smallest absolute Gasteiger partial charge is 0.407 e. The van der Waals surface area contributed by atoms with Crippen molar-refractivity contribution < 1.29 is 24.5 Å². The number of likely N-dealkylation sites (N-methyl/N-ethyl adjacent to an activating group) is 1. The lowest BCUT2D eigenvalue weighted by Gasteiger charge is -2.23. The topological polar surface area (TPSA) is 155 Å². The van der Waals surface area contributed by atoms with E-state index in [2.05, 4.69) is 5.32 Å². The fourth-order valence-corrected chi connectivity index (χ4v) is 7.19. The number of nitrogens with zero attached hydrogens (tertiary/aromatic N) is 6. The molecule has 1 unspecified atom stereocenters. The number of rotatable bonds is 12. The third-order valence-corrected chi connectivity index (χ3v) is 9.90. The first kappa shape index (κ1) is 36.8. The molecule has 3 aromatic heterocycles. The summed E-state index contributed by atoms with van der Waals surface area (Å²) in [6, 6.07) is 16.2. The molecule has 1 aliphatic heterocycles. The average Bonchev–Trinajstić information content (AvgIpc) is 3.72. The SMILES string of the molecule is COc1nc(-c2cccc(-c3cccc(-c4cc5c(=O)n(C)c(CN(C)CC(C)O)nn5c4)c3Cl)c2Cl)ccc1CN(C[C@@H]1CCC(=O)N1)C(=O)O. The summed E-state index contributed by atoms with van der Waals surface area (Å²) in [6.07, 6.45) is 1.08. The molecule has 0 aliphatic carbocycles. The lowest BCUT2D eigenvalue weighted by atomic mass is 9.97. The number of hydrogen-bond donors (Lipinski definition) is 3. The number of aliphatic hydroxyl groups excluding tert-OH is 1. The molecule has 3 N–H and O–H groups in total. The van der Waals surface area contributed by atoms with E-state index in [1.165, 1.54) is 16.6 Å². The minimum atomic E-state index is -1.11. The zero-order valence-corrected chi connectivity index (χ0v) is 30.6. The highest BCUT2D eigenvalue weighted by Gasteiger charge is 2.26. The second-order valence-corrected chi connectivity index (χ2v) is 13.8. The van der Waals surface area contributed by atoms with Gasteiger partial charge >= 0.3 is 6.09 Å². The molecule has 1 fully saturated rings. The second-order valence-electron chi connectivity index (χ2n) is 13.1. The maximum atomic E-state index is 13.3. The van der Waals surface area contributed by atoms with Gasteiger partial charge in [-0.15, -0.1) is 0 Å². The Morgan fingerprint density at radius 1 is 1.06 bits per heavy atom. The first-order chi connectivity index (χ1) is 24.8. The Kier molecular flexibility index (Phi) is 10.9. The zero-order valence-electron chi connectivity index (χ0n) is 29.1. The van der Waals surface area contributed by atoms with Gasteiger partial charge in [-0.2, -0.15) is 5.10 Å². The average molecular weight is 749 g/mol. The van der Waals surface area contributed by atoms with Gasteiger partial charge in [0.1, 0.15) is 11.3 Å². The van der Waals surface area contributed by atoms with Gasteiger partial charge in [0.25, 0.3) is 5.56 Å². The first-order valence-electron chi connectivity index (χ1n) is 16.7. The van der Waals surface area contributed by atoms with Crippen LogP contribution in [-0.4, -0.2) is 90.6 Å². The Labute approximate surface area is 310 Å². The van der Waals surface area contributed by atoms with Crippen LogP contribution in [0.15, 0.2) is 65.6 Å². The molecule has 4 heterocycles. The molecule has 2 aromatic carbocycles. The van der Waals surface area contributed by atoms with Crippen LogP contribution in [0.1, 0.15) is 31.2 Å². The number of pyridine rings is 1. The Morgan fingerprint density at radius 3 is 2.37 bits per heavy atom. The summed E-state index contributed by atoms with van der Waals surface area (Å²) in [6.45, 7) is 2.68. The largest absolute Gasteiger partial charge is 0.481 e. The summed E-state index contributed by atoms with van der Waals surface area (Å²) in [7, 11) is 5.00. The van der Waals surface area contributed by atoms with Gasteiger partial charge in [-0.1, -0.05) is 59.6 Å². The van der Waals surface area contributed by atoms with Crippen molar-refractivity contribution in [3.05, 3.63) is 92.6 Å². The van der Waals surface area contributed by atoms with E-state index in [0.717, 1.165) is 0 Å². The van der Waals surface area contributed by atoms with Crippen LogP contribution in [0.3, 0.4) is 0 Å². The predicted octanol–water partition coefficient (Wildman–Crippen LogP) is 5.32. The van der Waals surface area contributed by atoms with E-state index in [-0.39, 0.29) is 36.5 Å². The van der Waals surface area contributed by atoms with Crippen molar-refractivity contribution >= 4 is 40.7 Å². The number of carbonyl (C=O) groups excluding carboxylic acids is 1. The van der Waals surface area contributed by atoms with E-state index in [4.69, 9.17) is 38.0 Å². The van der Waals surface area contributed by atoms with Crippen LogP contribution in [0, 0.1) is 0 Å². The number of nitrogens with one attached hydrogen (secondary N) is 1. The molecule has 15 heteroatoms. The normalized spacial score (nSPS) is 14.9. The van der Waals surface area contributed by atoms with E-state index in [9.17, 15) is 24.6 Å². The number of carboxylic acid groups (broad SMARTS) is 1. The van der Waals surface area contributed by atoms with Crippen molar-refractivity contribution in [2.45, 2.75) is 45.0 Å².